The molecule has 0 saturated carbocycles. The van der Waals surface area contributed by atoms with Gasteiger partial charge < -0.3 is 14.8 Å². The first kappa shape index (κ1) is 16.0. The van der Waals surface area contributed by atoms with Crippen LogP contribution in [-0.2, 0) is 4.79 Å². The molecule has 0 saturated heterocycles. The van der Waals surface area contributed by atoms with Crippen molar-refractivity contribution in [1.29, 1.82) is 0 Å². The van der Waals surface area contributed by atoms with E-state index >= 15 is 0 Å². The van der Waals surface area contributed by atoms with Gasteiger partial charge in [0.15, 0.2) is 11.5 Å². The third-order valence-corrected chi connectivity index (χ3v) is 5.02. The minimum absolute atomic E-state index is 0.0358. The van der Waals surface area contributed by atoms with Gasteiger partial charge in [-0.05, 0) is 42.8 Å². The Kier molecular flexibility index (Phi) is 4.98. The molecule has 2 aromatic carbocycles. The van der Waals surface area contributed by atoms with Crippen molar-refractivity contribution < 1.29 is 14.3 Å². The Bertz CT molecular complexity index is 705. The third-order valence-electron chi connectivity index (χ3n) is 3.40. The molecule has 6 heteroatoms. The summed E-state index contributed by atoms with van der Waals surface area (Å²) < 4.78 is 10.6. The summed E-state index contributed by atoms with van der Waals surface area (Å²) in [5.41, 5.74) is 0.703. The maximum atomic E-state index is 12.5. The van der Waals surface area contributed by atoms with Gasteiger partial charge in [-0.1, -0.05) is 18.5 Å². The largest absolute Gasteiger partial charge is 0.454 e. The highest BCUT2D eigenvalue weighted by Crippen LogP contribution is 2.34. The average Bonchev–Trinajstić information content (AvgIpc) is 3.02. The number of amides is 1. The van der Waals surface area contributed by atoms with Gasteiger partial charge in [0, 0.05) is 21.7 Å². The van der Waals surface area contributed by atoms with E-state index in [-0.39, 0.29) is 18.0 Å². The molecule has 23 heavy (non-hydrogen) atoms. The fraction of sp³-hybridized carbons (Fsp3) is 0.235. The zero-order valence-corrected chi connectivity index (χ0v) is 14.1. The fourth-order valence-corrected chi connectivity index (χ4v) is 3.28. The molecule has 1 amide bonds. The van der Waals surface area contributed by atoms with Gasteiger partial charge in [-0.3, -0.25) is 4.79 Å². The molecule has 0 aliphatic carbocycles. The summed E-state index contributed by atoms with van der Waals surface area (Å²) in [5.74, 6) is 1.32. The normalized spacial score (nSPS) is 13.7. The molecular formula is C17H16ClNO3S. The monoisotopic (exact) mass is 349 g/mol. The predicted octanol–water partition coefficient (Wildman–Crippen LogP) is 4.58. The fourth-order valence-electron chi connectivity index (χ4n) is 2.20. The van der Waals surface area contributed by atoms with Crippen molar-refractivity contribution in [2.75, 3.05) is 12.1 Å². The average molecular weight is 350 g/mol. The second kappa shape index (κ2) is 7.15. The summed E-state index contributed by atoms with van der Waals surface area (Å²) >= 11 is 7.41. The Morgan fingerprint density at radius 2 is 1.96 bits per heavy atom. The molecule has 1 atom stereocenters. The molecule has 2 aromatic rings. The summed E-state index contributed by atoms with van der Waals surface area (Å²) in [6.45, 7) is 2.21. The summed E-state index contributed by atoms with van der Waals surface area (Å²) in [7, 11) is 0. The number of ether oxygens (including phenoxy) is 2. The van der Waals surface area contributed by atoms with Crippen molar-refractivity contribution in [3.05, 3.63) is 47.5 Å². The van der Waals surface area contributed by atoms with Crippen LogP contribution in [-0.4, -0.2) is 18.0 Å². The van der Waals surface area contributed by atoms with Gasteiger partial charge in [0.05, 0.1) is 5.25 Å². The molecule has 1 aliphatic rings. The number of carbonyl (C=O) groups excluding carboxylic acids is 1. The van der Waals surface area contributed by atoms with Crippen molar-refractivity contribution in [3.8, 4) is 11.5 Å². The molecule has 0 bridgehead atoms. The summed E-state index contributed by atoms with van der Waals surface area (Å²) in [6.07, 6.45) is 0.726. The molecule has 0 radical (unpaired) electrons. The Labute approximate surface area is 144 Å². The summed E-state index contributed by atoms with van der Waals surface area (Å²) in [4.78, 5) is 13.5. The SMILES string of the molecule is CCC(Sc1ccc(Cl)cc1)C(=O)Nc1ccc2c(c1)OCO2. The van der Waals surface area contributed by atoms with Crippen molar-refractivity contribution in [2.24, 2.45) is 0 Å². The van der Waals surface area contributed by atoms with E-state index in [4.69, 9.17) is 21.1 Å². The lowest BCUT2D eigenvalue weighted by Gasteiger charge is -2.15. The summed E-state index contributed by atoms with van der Waals surface area (Å²) in [6, 6.07) is 12.9. The topological polar surface area (TPSA) is 47.6 Å². The quantitative estimate of drug-likeness (QED) is 0.803. The zero-order chi connectivity index (χ0) is 16.2. The molecule has 1 heterocycles. The molecule has 0 aromatic heterocycles. The highest BCUT2D eigenvalue weighted by Gasteiger charge is 2.19. The van der Waals surface area contributed by atoms with Gasteiger partial charge in [-0.2, -0.15) is 0 Å². The van der Waals surface area contributed by atoms with Crippen molar-refractivity contribution in [1.82, 2.24) is 0 Å². The highest BCUT2D eigenvalue weighted by molar-refractivity contribution is 8.00. The molecule has 0 spiro atoms. The highest BCUT2D eigenvalue weighted by atomic mass is 35.5. The van der Waals surface area contributed by atoms with Crippen LogP contribution < -0.4 is 14.8 Å². The zero-order valence-electron chi connectivity index (χ0n) is 12.5. The van der Waals surface area contributed by atoms with Gasteiger partial charge in [0.25, 0.3) is 0 Å². The Hall–Kier alpha value is -1.85. The van der Waals surface area contributed by atoms with Gasteiger partial charge >= 0.3 is 0 Å². The first-order valence-corrected chi connectivity index (χ1v) is 8.54. The van der Waals surface area contributed by atoms with Crippen LogP contribution in [0.2, 0.25) is 5.02 Å². The first-order chi connectivity index (χ1) is 11.2. The Morgan fingerprint density at radius 1 is 1.22 bits per heavy atom. The molecule has 1 aliphatic heterocycles. The van der Waals surface area contributed by atoms with Gasteiger partial charge in [0.2, 0.25) is 12.7 Å². The van der Waals surface area contributed by atoms with Crippen LogP contribution in [0.4, 0.5) is 5.69 Å². The van der Waals surface area contributed by atoms with E-state index in [2.05, 4.69) is 5.32 Å². The molecule has 1 N–H and O–H groups in total. The number of hydrogen-bond acceptors (Lipinski definition) is 4. The van der Waals surface area contributed by atoms with Crippen LogP contribution in [0.1, 0.15) is 13.3 Å². The predicted molar refractivity (Wildman–Crippen MR) is 92.6 cm³/mol. The number of anilines is 1. The van der Waals surface area contributed by atoms with E-state index in [1.54, 1.807) is 12.1 Å². The molecular weight excluding hydrogens is 334 g/mol. The molecule has 4 nitrogen and oxygen atoms in total. The van der Waals surface area contributed by atoms with Gasteiger partial charge in [0.1, 0.15) is 0 Å². The van der Waals surface area contributed by atoms with Crippen molar-refractivity contribution in [2.45, 2.75) is 23.5 Å². The number of carbonyl (C=O) groups is 1. The van der Waals surface area contributed by atoms with E-state index in [0.717, 1.165) is 11.3 Å². The number of rotatable bonds is 5. The second-order valence-electron chi connectivity index (χ2n) is 5.03. The van der Waals surface area contributed by atoms with E-state index < -0.39 is 0 Å². The minimum atomic E-state index is -0.179. The first-order valence-electron chi connectivity index (χ1n) is 7.28. The maximum absolute atomic E-state index is 12.5. The molecule has 120 valence electrons. The second-order valence-corrected chi connectivity index (χ2v) is 6.74. The molecule has 3 rings (SSSR count). The number of nitrogens with one attached hydrogen (secondary N) is 1. The van der Waals surface area contributed by atoms with Gasteiger partial charge in [-0.15, -0.1) is 11.8 Å². The van der Waals surface area contributed by atoms with Gasteiger partial charge in [-0.25, -0.2) is 0 Å². The van der Waals surface area contributed by atoms with Crippen LogP contribution in [0.5, 0.6) is 11.5 Å². The van der Waals surface area contributed by atoms with E-state index in [9.17, 15) is 4.79 Å². The number of fused-ring (bicyclic) bond motifs is 1. The Balaban J connectivity index is 1.66. The van der Waals surface area contributed by atoms with Crippen LogP contribution >= 0.6 is 23.4 Å². The van der Waals surface area contributed by atoms with Crippen molar-refractivity contribution >= 4 is 35.0 Å². The summed E-state index contributed by atoms with van der Waals surface area (Å²) in [5, 5.41) is 3.44. The van der Waals surface area contributed by atoms with Crippen LogP contribution in [0, 0.1) is 0 Å². The minimum Gasteiger partial charge on any atom is -0.454 e. The lowest BCUT2D eigenvalue weighted by atomic mass is 10.2. The Morgan fingerprint density at radius 3 is 2.70 bits per heavy atom. The molecule has 0 fully saturated rings. The van der Waals surface area contributed by atoms with Crippen LogP contribution in [0.25, 0.3) is 0 Å². The third kappa shape index (κ3) is 3.92. The van der Waals surface area contributed by atoms with E-state index in [1.165, 1.54) is 11.8 Å². The van der Waals surface area contributed by atoms with E-state index in [0.29, 0.717) is 22.2 Å². The number of halogens is 1. The molecule has 1 unspecified atom stereocenters. The number of thioether (sulfide) groups is 1. The van der Waals surface area contributed by atoms with Crippen LogP contribution in [0.15, 0.2) is 47.4 Å². The van der Waals surface area contributed by atoms with Crippen LogP contribution in [0.3, 0.4) is 0 Å². The number of benzene rings is 2. The smallest absolute Gasteiger partial charge is 0.237 e. The number of hydrogen-bond donors (Lipinski definition) is 1. The van der Waals surface area contributed by atoms with E-state index in [1.807, 2.05) is 37.3 Å². The van der Waals surface area contributed by atoms with Crippen molar-refractivity contribution in [3.63, 3.8) is 0 Å². The lowest BCUT2D eigenvalue weighted by molar-refractivity contribution is -0.115. The standard InChI is InChI=1S/C17H16ClNO3S/c1-2-16(23-13-6-3-11(18)4-7-13)17(20)19-12-5-8-14-15(9-12)22-10-21-14/h3-9,16H,2,10H2,1H3,(H,19,20). The lowest BCUT2D eigenvalue weighted by Crippen LogP contribution is -2.24. The maximum Gasteiger partial charge on any atom is 0.237 e.